The first-order valence-electron chi connectivity index (χ1n) is 7.43. The summed E-state index contributed by atoms with van der Waals surface area (Å²) in [7, 11) is 1.35. The fourth-order valence-corrected chi connectivity index (χ4v) is 3.91. The van der Waals surface area contributed by atoms with Crippen molar-refractivity contribution in [2.45, 2.75) is 18.9 Å². The van der Waals surface area contributed by atoms with Crippen LogP contribution in [-0.4, -0.2) is 55.5 Å². The Balaban J connectivity index is 2.35. The van der Waals surface area contributed by atoms with Crippen LogP contribution in [0.4, 0.5) is 0 Å². The molecular weight excluding hydrogens is 418 g/mol. The lowest BCUT2D eigenvalue weighted by atomic mass is 10.1. The van der Waals surface area contributed by atoms with E-state index in [-0.39, 0.29) is 32.2 Å². The lowest BCUT2D eigenvalue weighted by Gasteiger charge is -2.22. The number of thioether (sulfide) groups is 1. The van der Waals surface area contributed by atoms with E-state index in [1.807, 2.05) is 0 Å². The lowest BCUT2D eigenvalue weighted by molar-refractivity contribution is -0.146. The molecule has 11 heteroatoms. The zero-order chi connectivity index (χ0) is 20.3. The predicted octanol–water partition coefficient (Wildman–Crippen LogP) is 2.57. The number of amides is 1. The number of phenolic OH excluding ortho intramolecular Hbond substituents is 1. The summed E-state index contributed by atoms with van der Waals surface area (Å²) in [5.41, 5.74) is 0.365. The number of nitrogens with zero attached hydrogens (tertiary/aromatic N) is 1. The van der Waals surface area contributed by atoms with E-state index in [0.717, 1.165) is 16.7 Å². The number of hydrogen-bond acceptors (Lipinski definition) is 7. The molecule has 2 rings (SSSR count). The fourth-order valence-electron chi connectivity index (χ4n) is 2.35. The van der Waals surface area contributed by atoms with Gasteiger partial charge in [-0.1, -0.05) is 35.6 Å². The third-order valence-corrected chi connectivity index (χ3v) is 5.29. The highest BCUT2D eigenvalue weighted by Crippen LogP contribution is 2.38. The molecule has 1 heterocycles. The van der Waals surface area contributed by atoms with Crippen molar-refractivity contribution in [2.24, 2.45) is 0 Å². The van der Waals surface area contributed by atoms with Crippen LogP contribution in [0, 0.1) is 0 Å². The van der Waals surface area contributed by atoms with Gasteiger partial charge in [-0.25, -0.2) is 4.79 Å². The number of carboxylic acid groups (broad SMARTS) is 2. The minimum absolute atomic E-state index is 0.00547. The van der Waals surface area contributed by atoms with E-state index in [1.165, 1.54) is 25.3 Å². The second kappa shape index (κ2) is 8.59. The first-order valence-corrected chi connectivity index (χ1v) is 9.04. The Bertz CT molecular complexity index is 855. The number of methoxy groups -OCH3 is 1. The molecule has 1 aliphatic heterocycles. The van der Waals surface area contributed by atoms with E-state index in [0.29, 0.717) is 5.56 Å². The number of aromatic hydroxyl groups is 1. The van der Waals surface area contributed by atoms with Gasteiger partial charge in [-0.2, -0.15) is 0 Å². The van der Waals surface area contributed by atoms with Crippen LogP contribution in [0.15, 0.2) is 17.0 Å². The Labute approximate surface area is 168 Å². The Morgan fingerprint density at radius 2 is 2.07 bits per heavy atom. The summed E-state index contributed by atoms with van der Waals surface area (Å²) < 4.78 is 5.00. The van der Waals surface area contributed by atoms with Gasteiger partial charge in [0, 0.05) is 12.5 Å². The van der Waals surface area contributed by atoms with Crippen molar-refractivity contribution in [1.82, 2.24) is 4.90 Å². The van der Waals surface area contributed by atoms with Crippen LogP contribution in [0.2, 0.25) is 5.02 Å². The van der Waals surface area contributed by atoms with Crippen LogP contribution in [0.3, 0.4) is 0 Å². The summed E-state index contributed by atoms with van der Waals surface area (Å²) in [5.74, 6) is -3.22. The summed E-state index contributed by atoms with van der Waals surface area (Å²) >= 11 is 12.1. The number of benzene rings is 1. The Morgan fingerprint density at radius 3 is 2.63 bits per heavy atom. The molecule has 0 aromatic heterocycles. The molecule has 0 spiro atoms. The van der Waals surface area contributed by atoms with E-state index < -0.39 is 30.3 Å². The molecule has 0 saturated carbocycles. The van der Waals surface area contributed by atoms with E-state index in [2.05, 4.69) is 0 Å². The van der Waals surface area contributed by atoms with Gasteiger partial charge in [0.05, 0.1) is 17.0 Å². The molecule has 1 saturated heterocycles. The second-order valence-electron chi connectivity index (χ2n) is 5.38. The van der Waals surface area contributed by atoms with Crippen LogP contribution in [-0.2, 0) is 14.4 Å². The van der Waals surface area contributed by atoms with Crippen molar-refractivity contribution >= 4 is 63.8 Å². The van der Waals surface area contributed by atoms with Gasteiger partial charge in [-0.3, -0.25) is 14.5 Å². The molecule has 144 valence electrons. The minimum Gasteiger partial charge on any atom is -0.504 e. The van der Waals surface area contributed by atoms with Crippen molar-refractivity contribution in [3.05, 3.63) is 27.6 Å². The SMILES string of the molecule is COc1cc(/C=C2\SC(=S)N(C(CCC(=O)O)C(=O)O)C2=O)c(Cl)cc1O. The molecule has 8 nitrogen and oxygen atoms in total. The lowest BCUT2D eigenvalue weighted by Crippen LogP contribution is -2.44. The van der Waals surface area contributed by atoms with E-state index in [1.54, 1.807) is 0 Å². The first-order chi connectivity index (χ1) is 12.6. The van der Waals surface area contributed by atoms with Gasteiger partial charge in [-0.05, 0) is 24.1 Å². The zero-order valence-electron chi connectivity index (χ0n) is 13.8. The molecule has 0 bridgehead atoms. The number of carbonyl (C=O) groups is 3. The number of hydrogen-bond donors (Lipinski definition) is 3. The van der Waals surface area contributed by atoms with Gasteiger partial charge in [0.2, 0.25) is 0 Å². The molecule has 0 radical (unpaired) electrons. The molecule has 1 aromatic rings. The third kappa shape index (κ3) is 4.71. The molecule has 0 aliphatic carbocycles. The van der Waals surface area contributed by atoms with E-state index >= 15 is 0 Å². The number of halogens is 1. The Kier molecular flexibility index (Phi) is 6.68. The smallest absolute Gasteiger partial charge is 0.326 e. The summed E-state index contributed by atoms with van der Waals surface area (Å²) in [4.78, 5) is 35.9. The van der Waals surface area contributed by atoms with Crippen LogP contribution in [0.5, 0.6) is 11.5 Å². The van der Waals surface area contributed by atoms with Gasteiger partial charge in [0.25, 0.3) is 5.91 Å². The van der Waals surface area contributed by atoms with Gasteiger partial charge >= 0.3 is 11.9 Å². The number of phenols is 1. The number of carbonyl (C=O) groups excluding carboxylic acids is 1. The largest absolute Gasteiger partial charge is 0.504 e. The van der Waals surface area contributed by atoms with Gasteiger partial charge in [-0.15, -0.1) is 0 Å². The molecule has 27 heavy (non-hydrogen) atoms. The average molecular weight is 432 g/mol. The Morgan fingerprint density at radius 1 is 1.41 bits per heavy atom. The highest BCUT2D eigenvalue weighted by molar-refractivity contribution is 8.26. The molecule has 3 N–H and O–H groups in total. The first kappa shape index (κ1) is 21.0. The van der Waals surface area contributed by atoms with Crippen LogP contribution in [0.25, 0.3) is 6.08 Å². The van der Waals surface area contributed by atoms with Crippen molar-refractivity contribution in [3.63, 3.8) is 0 Å². The molecule has 1 aromatic carbocycles. The third-order valence-electron chi connectivity index (χ3n) is 3.64. The standard InChI is InChI=1S/C16H14ClNO7S2/c1-25-11-4-7(8(17)6-10(11)19)5-12-14(22)18(16(26)27-12)9(15(23)24)2-3-13(20)21/h4-6,9,19H,2-3H2,1H3,(H,20,21)(H,23,24)/b12-5-. The average Bonchev–Trinajstić information content (AvgIpc) is 2.84. The van der Waals surface area contributed by atoms with Gasteiger partial charge in [0.15, 0.2) is 11.5 Å². The summed E-state index contributed by atoms with van der Waals surface area (Å²) in [6.45, 7) is 0. The highest BCUT2D eigenvalue weighted by atomic mass is 35.5. The monoisotopic (exact) mass is 431 g/mol. The quantitative estimate of drug-likeness (QED) is 0.441. The molecule has 1 fully saturated rings. The number of ether oxygens (including phenoxy) is 1. The van der Waals surface area contributed by atoms with Crippen molar-refractivity contribution < 1.29 is 34.4 Å². The Hall–Kier alpha value is -2.30. The maximum Gasteiger partial charge on any atom is 0.326 e. The number of rotatable bonds is 7. The van der Waals surface area contributed by atoms with Crippen molar-refractivity contribution in [1.29, 1.82) is 0 Å². The highest BCUT2D eigenvalue weighted by Gasteiger charge is 2.40. The number of carboxylic acids is 2. The van der Waals surface area contributed by atoms with Crippen molar-refractivity contribution in [3.8, 4) is 11.5 Å². The topological polar surface area (TPSA) is 124 Å². The molecule has 1 unspecified atom stereocenters. The molecule has 1 amide bonds. The van der Waals surface area contributed by atoms with Crippen LogP contribution in [0.1, 0.15) is 18.4 Å². The maximum atomic E-state index is 12.7. The van der Waals surface area contributed by atoms with Gasteiger partial charge in [0.1, 0.15) is 10.4 Å². The van der Waals surface area contributed by atoms with Crippen LogP contribution < -0.4 is 4.74 Å². The maximum absolute atomic E-state index is 12.7. The van der Waals surface area contributed by atoms with Gasteiger partial charge < -0.3 is 20.1 Å². The van der Waals surface area contributed by atoms with Crippen molar-refractivity contribution in [2.75, 3.05) is 7.11 Å². The summed E-state index contributed by atoms with van der Waals surface area (Å²) in [6.07, 6.45) is 0.700. The van der Waals surface area contributed by atoms with Crippen LogP contribution >= 0.6 is 35.6 Å². The fraction of sp³-hybridized carbons (Fsp3) is 0.250. The molecular formula is C16H14ClNO7S2. The molecule has 1 aliphatic rings. The summed E-state index contributed by atoms with van der Waals surface area (Å²) in [6, 6.07) is 1.28. The normalized spacial score (nSPS) is 16.7. The number of aliphatic carboxylic acids is 2. The number of thiocarbonyl (C=S) groups is 1. The molecule has 1 atom stereocenters. The van der Waals surface area contributed by atoms with E-state index in [4.69, 9.17) is 33.7 Å². The predicted molar refractivity (Wildman–Crippen MR) is 103 cm³/mol. The second-order valence-corrected chi connectivity index (χ2v) is 7.47. The van der Waals surface area contributed by atoms with E-state index in [9.17, 15) is 24.6 Å². The zero-order valence-corrected chi connectivity index (χ0v) is 16.2. The minimum atomic E-state index is -1.38. The summed E-state index contributed by atoms with van der Waals surface area (Å²) in [5, 5.41) is 28.0.